The standard InChI is InChI=1S/C17H34N4S.HI/c1-18-17(20-14-16-10-6-13-22-16)19-11-7-12-21(2)15-8-4-3-5-9-15;/h15-16H,3-14H2,1-2H3,(H2,18,19,20);1H. The number of nitrogens with zero attached hydrogens (tertiary/aromatic N) is 2. The molecule has 2 rings (SSSR count). The fourth-order valence-corrected chi connectivity index (χ4v) is 4.68. The first kappa shape index (κ1) is 21.4. The van der Waals surface area contributed by atoms with Gasteiger partial charge in [-0.05, 0) is 51.4 Å². The zero-order valence-corrected chi connectivity index (χ0v) is 18.0. The molecule has 0 bridgehead atoms. The van der Waals surface area contributed by atoms with Crippen LogP contribution in [0.25, 0.3) is 0 Å². The van der Waals surface area contributed by atoms with Crippen molar-refractivity contribution in [3.8, 4) is 0 Å². The number of halogens is 1. The molecule has 0 spiro atoms. The predicted octanol–water partition coefficient (Wildman–Crippen LogP) is 3.32. The van der Waals surface area contributed by atoms with Crippen LogP contribution in [0, 0.1) is 0 Å². The molecule has 1 aliphatic carbocycles. The number of rotatable bonds is 7. The number of hydrogen-bond donors (Lipinski definition) is 2. The van der Waals surface area contributed by atoms with Crippen molar-refractivity contribution in [2.75, 3.05) is 39.5 Å². The minimum absolute atomic E-state index is 0. The van der Waals surface area contributed by atoms with E-state index in [1.165, 1.54) is 63.7 Å². The molecule has 2 N–H and O–H groups in total. The molecule has 2 fully saturated rings. The third-order valence-corrected chi connectivity index (χ3v) is 6.32. The van der Waals surface area contributed by atoms with Gasteiger partial charge in [0, 0.05) is 31.4 Å². The number of nitrogens with one attached hydrogen (secondary N) is 2. The summed E-state index contributed by atoms with van der Waals surface area (Å²) >= 11 is 2.09. The summed E-state index contributed by atoms with van der Waals surface area (Å²) in [5, 5.41) is 7.70. The lowest BCUT2D eigenvalue weighted by molar-refractivity contribution is 0.190. The molecule has 1 saturated heterocycles. The second kappa shape index (κ2) is 12.6. The van der Waals surface area contributed by atoms with Crippen molar-refractivity contribution in [3.05, 3.63) is 0 Å². The number of hydrogen-bond acceptors (Lipinski definition) is 3. The topological polar surface area (TPSA) is 39.7 Å². The molecule has 1 unspecified atom stereocenters. The Balaban J connectivity index is 0.00000264. The van der Waals surface area contributed by atoms with Gasteiger partial charge in [-0.25, -0.2) is 0 Å². The van der Waals surface area contributed by atoms with Crippen molar-refractivity contribution >= 4 is 41.7 Å². The summed E-state index contributed by atoms with van der Waals surface area (Å²) in [6.45, 7) is 3.24. The molecule has 0 aromatic rings. The number of guanidine groups is 1. The van der Waals surface area contributed by atoms with Crippen LogP contribution in [0.4, 0.5) is 0 Å². The largest absolute Gasteiger partial charge is 0.356 e. The van der Waals surface area contributed by atoms with E-state index in [9.17, 15) is 0 Å². The van der Waals surface area contributed by atoms with Crippen LogP contribution in [0.1, 0.15) is 51.4 Å². The van der Waals surface area contributed by atoms with Crippen LogP contribution in [-0.4, -0.2) is 61.6 Å². The van der Waals surface area contributed by atoms with E-state index in [2.05, 4.69) is 39.3 Å². The molecule has 0 aromatic carbocycles. The maximum Gasteiger partial charge on any atom is 0.191 e. The third-order valence-electron chi connectivity index (χ3n) is 4.92. The van der Waals surface area contributed by atoms with Gasteiger partial charge in [-0.3, -0.25) is 4.99 Å². The van der Waals surface area contributed by atoms with Crippen molar-refractivity contribution in [1.82, 2.24) is 15.5 Å². The summed E-state index contributed by atoms with van der Waals surface area (Å²) in [7, 11) is 4.16. The van der Waals surface area contributed by atoms with Gasteiger partial charge >= 0.3 is 0 Å². The fourth-order valence-electron chi connectivity index (χ4n) is 3.48. The first-order chi connectivity index (χ1) is 10.8. The highest BCUT2D eigenvalue weighted by molar-refractivity contribution is 14.0. The van der Waals surface area contributed by atoms with Crippen LogP contribution in [-0.2, 0) is 0 Å². The molecule has 136 valence electrons. The van der Waals surface area contributed by atoms with Gasteiger partial charge in [0.2, 0.25) is 0 Å². The first-order valence-corrected chi connectivity index (χ1v) is 10.1. The first-order valence-electron chi connectivity index (χ1n) is 9.06. The van der Waals surface area contributed by atoms with E-state index in [4.69, 9.17) is 0 Å². The predicted molar refractivity (Wildman–Crippen MR) is 114 cm³/mol. The second-order valence-corrected chi connectivity index (χ2v) is 8.05. The van der Waals surface area contributed by atoms with Crippen molar-refractivity contribution in [1.29, 1.82) is 0 Å². The average Bonchev–Trinajstić information content (AvgIpc) is 3.08. The molecule has 4 nitrogen and oxygen atoms in total. The smallest absolute Gasteiger partial charge is 0.191 e. The maximum absolute atomic E-state index is 4.33. The van der Waals surface area contributed by atoms with Gasteiger partial charge in [-0.15, -0.1) is 24.0 Å². The monoisotopic (exact) mass is 454 g/mol. The molecule has 1 saturated carbocycles. The zero-order valence-electron chi connectivity index (χ0n) is 14.9. The summed E-state index contributed by atoms with van der Waals surface area (Å²) < 4.78 is 0. The molecule has 23 heavy (non-hydrogen) atoms. The van der Waals surface area contributed by atoms with Crippen LogP contribution >= 0.6 is 35.7 Å². The Hall–Kier alpha value is 0.310. The average molecular weight is 454 g/mol. The number of thioether (sulfide) groups is 1. The molecular formula is C17H35IN4S. The Labute approximate surface area is 164 Å². The fraction of sp³-hybridized carbons (Fsp3) is 0.941. The molecule has 6 heteroatoms. The molecule has 1 aliphatic heterocycles. The number of aliphatic imine (C=N–C) groups is 1. The highest BCUT2D eigenvalue weighted by Crippen LogP contribution is 2.25. The van der Waals surface area contributed by atoms with Gasteiger partial charge in [-0.1, -0.05) is 19.3 Å². The molecular weight excluding hydrogens is 419 g/mol. The minimum atomic E-state index is 0. The minimum Gasteiger partial charge on any atom is -0.356 e. The Morgan fingerprint density at radius 1 is 1.13 bits per heavy atom. The molecule has 0 aromatic heterocycles. The second-order valence-electron chi connectivity index (χ2n) is 6.64. The van der Waals surface area contributed by atoms with Crippen molar-refractivity contribution < 1.29 is 0 Å². The van der Waals surface area contributed by atoms with Crippen molar-refractivity contribution in [2.45, 2.75) is 62.7 Å². The van der Waals surface area contributed by atoms with E-state index in [-0.39, 0.29) is 24.0 Å². The van der Waals surface area contributed by atoms with E-state index in [0.29, 0.717) is 0 Å². The summed E-state index contributed by atoms with van der Waals surface area (Å²) in [5.41, 5.74) is 0. The quantitative estimate of drug-likeness (QED) is 0.268. The van der Waals surface area contributed by atoms with E-state index in [0.717, 1.165) is 30.3 Å². The van der Waals surface area contributed by atoms with Gasteiger partial charge in [-0.2, -0.15) is 11.8 Å². The Bertz CT molecular complexity index is 329. The van der Waals surface area contributed by atoms with Crippen LogP contribution < -0.4 is 10.6 Å². The lowest BCUT2D eigenvalue weighted by atomic mass is 9.94. The molecule has 0 radical (unpaired) electrons. The summed E-state index contributed by atoms with van der Waals surface area (Å²) in [6.07, 6.45) is 11.0. The van der Waals surface area contributed by atoms with Gasteiger partial charge < -0.3 is 15.5 Å². The van der Waals surface area contributed by atoms with E-state index < -0.39 is 0 Å². The third kappa shape index (κ3) is 8.29. The van der Waals surface area contributed by atoms with Gasteiger partial charge in [0.05, 0.1) is 0 Å². The van der Waals surface area contributed by atoms with Crippen LogP contribution in [0.2, 0.25) is 0 Å². The van der Waals surface area contributed by atoms with Gasteiger partial charge in [0.25, 0.3) is 0 Å². The Morgan fingerprint density at radius 2 is 1.91 bits per heavy atom. The van der Waals surface area contributed by atoms with Crippen LogP contribution in [0.3, 0.4) is 0 Å². The van der Waals surface area contributed by atoms with E-state index in [1.807, 2.05) is 7.05 Å². The normalized spacial score (nSPS) is 22.9. The van der Waals surface area contributed by atoms with Crippen molar-refractivity contribution in [3.63, 3.8) is 0 Å². The molecule has 1 atom stereocenters. The van der Waals surface area contributed by atoms with Gasteiger partial charge in [0.1, 0.15) is 0 Å². The lowest BCUT2D eigenvalue weighted by Crippen LogP contribution is -2.41. The summed E-state index contributed by atoms with van der Waals surface area (Å²) in [6, 6.07) is 0.825. The highest BCUT2D eigenvalue weighted by Gasteiger charge is 2.17. The summed E-state index contributed by atoms with van der Waals surface area (Å²) in [4.78, 5) is 6.89. The zero-order chi connectivity index (χ0) is 15.6. The van der Waals surface area contributed by atoms with Crippen molar-refractivity contribution in [2.24, 2.45) is 4.99 Å². The Kier molecular flexibility index (Phi) is 11.7. The van der Waals surface area contributed by atoms with E-state index >= 15 is 0 Å². The lowest BCUT2D eigenvalue weighted by Gasteiger charge is -2.31. The highest BCUT2D eigenvalue weighted by atomic mass is 127. The SMILES string of the molecule is CN=C(NCCCN(C)C1CCCCC1)NCC1CCCS1.I. The van der Waals surface area contributed by atoms with E-state index in [1.54, 1.807) is 0 Å². The maximum atomic E-state index is 4.33. The molecule has 2 aliphatic rings. The molecule has 0 amide bonds. The van der Waals surface area contributed by atoms with Gasteiger partial charge in [0.15, 0.2) is 5.96 Å². The Morgan fingerprint density at radius 3 is 2.57 bits per heavy atom. The summed E-state index contributed by atoms with van der Waals surface area (Å²) in [5.74, 6) is 2.29. The molecule has 1 heterocycles. The van der Waals surface area contributed by atoms with Crippen LogP contribution in [0.5, 0.6) is 0 Å². The van der Waals surface area contributed by atoms with Crippen LogP contribution in [0.15, 0.2) is 4.99 Å².